The molecule has 7 aromatic carbocycles. The predicted octanol–water partition coefficient (Wildman–Crippen LogP) is 10.4. The average molecular weight is 548 g/mol. The van der Waals surface area contributed by atoms with E-state index >= 15 is 0 Å². The van der Waals surface area contributed by atoms with E-state index in [0.717, 1.165) is 27.5 Å². The second kappa shape index (κ2) is 9.37. The third kappa shape index (κ3) is 3.49. The van der Waals surface area contributed by atoms with Gasteiger partial charge >= 0.3 is 0 Å². The Balaban J connectivity index is 1.48. The van der Waals surface area contributed by atoms with Crippen molar-refractivity contribution in [2.24, 2.45) is 0 Å². The highest BCUT2D eigenvalue weighted by atomic mass is 15.0. The number of nitrogens with zero attached hydrogens (tertiary/aromatic N) is 3. The Morgan fingerprint density at radius 2 is 0.977 bits per heavy atom. The van der Waals surface area contributed by atoms with Gasteiger partial charge in [-0.1, -0.05) is 127 Å². The molecule has 200 valence electrons. The Morgan fingerprint density at radius 1 is 0.395 bits per heavy atom. The topological polar surface area (TPSA) is 30.7 Å². The largest absolute Gasteiger partial charge is 0.308 e. The van der Waals surface area contributed by atoms with E-state index in [4.69, 9.17) is 9.97 Å². The maximum absolute atomic E-state index is 4.86. The summed E-state index contributed by atoms with van der Waals surface area (Å²) in [6.45, 7) is 0. The van der Waals surface area contributed by atoms with E-state index in [1.165, 1.54) is 54.8 Å². The van der Waals surface area contributed by atoms with Crippen molar-refractivity contribution in [2.75, 3.05) is 0 Å². The zero-order valence-corrected chi connectivity index (χ0v) is 23.3. The first kappa shape index (κ1) is 23.9. The van der Waals surface area contributed by atoms with Crippen LogP contribution in [-0.4, -0.2) is 14.5 Å². The molecule has 2 heterocycles. The fourth-order valence-corrected chi connectivity index (χ4v) is 6.90. The van der Waals surface area contributed by atoms with Crippen molar-refractivity contribution < 1.29 is 0 Å². The maximum Gasteiger partial charge on any atom is 0.0972 e. The molecule has 2 aromatic heterocycles. The van der Waals surface area contributed by atoms with E-state index in [0.29, 0.717) is 0 Å². The molecule has 0 aliphatic rings. The van der Waals surface area contributed by atoms with E-state index in [1.54, 1.807) is 12.4 Å². The molecule has 43 heavy (non-hydrogen) atoms. The van der Waals surface area contributed by atoms with Crippen LogP contribution >= 0.6 is 0 Å². The highest BCUT2D eigenvalue weighted by Crippen LogP contribution is 2.44. The zero-order chi connectivity index (χ0) is 28.3. The van der Waals surface area contributed by atoms with Crippen molar-refractivity contribution in [3.05, 3.63) is 152 Å². The number of aromatic nitrogens is 3. The van der Waals surface area contributed by atoms with Gasteiger partial charge in [-0.15, -0.1) is 0 Å². The standard InChI is InChI=1S/C40H25N3/c1-2-12-26(13-3-1)27-14-4-5-15-28(27)29-16-8-10-20-35(29)43-36-21-11-9-17-30(36)33-22-23-34-37(40(33)43)31-18-6-7-19-32(31)38-39(34)42-25-24-41-38/h1-25H. The van der Waals surface area contributed by atoms with Crippen LogP contribution in [0, 0.1) is 0 Å². The van der Waals surface area contributed by atoms with Crippen LogP contribution in [0.4, 0.5) is 0 Å². The lowest BCUT2D eigenvalue weighted by Crippen LogP contribution is -1.99. The van der Waals surface area contributed by atoms with Gasteiger partial charge in [-0.3, -0.25) is 9.97 Å². The maximum atomic E-state index is 4.86. The van der Waals surface area contributed by atoms with Gasteiger partial charge in [0.2, 0.25) is 0 Å². The second-order valence-corrected chi connectivity index (χ2v) is 11.0. The van der Waals surface area contributed by atoms with E-state index in [9.17, 15) is 0 Å². The van der Waals surface area contributed by atoms with Crippen LogP contribution in [0.3, 0.4) is 0 Å². The Hall–Kier alpha value is -5.80. The van der Waals surface area contributed by atoms with Crippen LogP contribution in [0.5, 0.6) is 0 Å². The summed E-state index contributed by atoms with van der Waals surface area (Å²) in [5.74, 6) is 0. The number of para-hydroxylation sites is 2. The van der Waals surface area contributed by atoms with Gasteiger partial charge in [-0.25, -0.2) is 0 Å². The summed E-state index contributed by atoms with van der Waals surface area (Å²) >= 11 is 0. The summed E-state index contributed by atoms with van der Waals surface area (Å²) in [7, 11) is 0. The van der Waals surface area contributed by atoms with Crippen LogP contribution in [0.25, 0.3) is 82.3 Å². The molecule has 0 N–H and O–H groups in total. The molecule has 0 atom stereocenters. The minimum absolute atomic E-state index is 0.928. The van der Waals surface area contributed by atoms with Gasteiger partial charge in [0.15, 0.2) is 0 Å². The van der Waals surface area contributed by atoms with Crippen LogP contribution in [0.15, 0.2) is 152 Å². The molecule has 0 amide bonds. The van der Waals surface area contributed by atoms with Gasteiger partial charge in [0, 0.05) is 44.9 Å². The molecule has 0 unspecified atom stereocenters. The molecule has 9 rings (SSSR count). The van der Waals surface area contributed by atoms with Crippen molar-refractivity contribution in [1.29, 1.82) is 0 Å². The smallest absolute Gasteiger partial charge is 0.0972 e. The molecule has 0 aliphatic heterocycles. The van der Waals surface area contributed by atoms with Gasteiger partial charge in [0.05, 0.1) is 27.8 Å². The van der Waals surface area contributed by atoms with E-state index in [2.05, 4.69) is 144 Å². The fourth-order valence-electron chi connectivity index (χ4n) is 6.90. The van der Waals surface area contributed by atoms with Crippen molar-refractivity contribution in [2.45, 2.75) is 0 Å². The summed E-state index contributed by atoms with van der Waals surface area (Å²) < 4.78 is 2.47. The number of hydrogen-bond acceptors (Lipinski definition) is 2. The lowest BCUT2D eigenvalue weighted by Gasteiger charge is -2.18. The summed E-state index contributed by atoms with van der Waals surface area (Å²) in [5.41, 5.74) is 10.2. The van der Waals surface area contributed by atoms with Gasteiger partial charge in [-0.05, 0) is 34.2 Å². The number of fused-ring (bicyclic) bond motifs is 10. The zero-order valence-electron chi connectivity index (χ0n) is 23.3. The number of hydrogen-bond donors (Lipinski definition) is 0. The third-order valence-corrected chi connectivity index (χ3v) is 8.69. The molecule has 0 saturated heterocycles. The minimum atomic E-state index is 0.928. The van der Waals surface area contributed by atoms with Crippen molar-refractivity contribution >= 4 is 54.4 Å². The SMILES string of the molecule is c1ccc(-c2ccccc2-c2ccccc2-n2c3ccccc3c3ccc4c5nccnc5c5ccccc5c4c32)cc1. The average Bonchev–Trinajstić information content (AvgIpc) is 3.43. The van der Waals surface area contributed by atoms with Crippen molar-refractivity contribution in [1.82, 2.24) is 14.5 Å². The number of benzene rings is 7. The van der Waals surface area contributed by atoms with Gasteiger partial charge in [-0.2, -0.15) is 0 Å². The van der Waals surface area contributed by atoms with E-state index in [1.807, 2.05) is 0 Å². The lowest BCUT2D eigenvalue weighted by atomic mass is 9.93. The summed E-state index contributed by atoms with van der Waals surface area (Å²) in [6.07, 6.45) is 3.59. The van der Waals surface area contributed by atoms with Crippen LogP contribution in [-0.2, 0) is 0 Å². The molecule has 0 saturated carbocycles. The summed E-state index contributed by atoms with van der Waals surface area (Å²) in [4.78, 5) is 9.65. The first-order chi connectivity index (χ1) is 21.4. The summed E-state index contributed by atoms with van der Waals surface area (Å²) in [6, 6.07) is 50.0. The minimum Gasteiger partial charge on any atom is -0.308 e. The fraction of sp³-hybridized carbons (Fsp3) is 0. The lowest BCUT2D eigenvalue weighted by molar-refractivity contribution is 1.19. The Kier molecular flexibility index (Phi) is 5.20. The van der Waals surface area contributed by atoms with Crippen LogP contribution in [0.2, 0.25) is 0 Å². The Bertz CT molecular complexity index is 2470. The van der Waals surface area contributed by atoms with Gasteiger partial charge in [0.1, 0.15) is 0 Å². The second-order valence-electron chi connectivity index (χ2n) is 11.0. The van der Waals surface area contributed by atoms with E-state index in [-0.39, 0.29) is 0 Å². The highest BCUT2D eigenvalue weighted by molar-refractivity contribution is 6.32. The van der Waals surface area contributed by atoms with E-state index < -0.39 is 0 Å². The van der Waals surface area contributed by atoms with Crippen molar-refractivity contribution in [3.8, 4) is 27.9 Å². The van der Waals surface area contributed by atoms with Gasteiger partial charge < -0.3 is 4.57 Å². The normalized spacial score (nSPS) is 11.7. The molecule has 0 spiro atoms. The first-order valence-corrected chi connectivity index (χ1v) is 14.6. The first-order valence-electron chi connectivity index (χ1n) is 14.6. The highest BCUT2D eigenvalue weighted by Gasteiger charge is 2.21. The monoisotopic (exact) mass is 547 g/mol. The van der Waals surface area contributed by atoms with Crippen molar-refractivity contribution in [3.63, 3.8) is 0 Å². The Labute approximate surface area is 248 Å². The molecule has 0 bridgehead atoms. The predicted molar refractivity (Wildman–Crippen MR) is 180 cm³/mol. The molecule has 3 nitrogen and oxygen atoms in total. The molecule has 0 aliphatic carbocycles. The molecular weight excluding hydrogens is 522 g/mol. The Morgan fingerprint density at radius 3 is 1.79 bits per heavy atom. The molecule has 0 fully saturated rings. The molecule has 3 heteroatoms. The number of rotatable bonds is 3. The van der Waals surface area contributed by atoms with Crippen LogP contribution in [0.1, 0.15) is 0 Å². The molecule has 0 radical (unpaired) electrons. The van der Waals surface area contributed by atoms with Crippen LogP contribution < -0.4 is 0 Å². The summed E-state index contributed by atoms with van der Waals surface area (Å²) in [5, 5.41) is 7.06. The third-order valence-electron chi connectivity index (χ3n) is 8.69. The molecule has 9 aromatic rings. The quantitative estimate of drug-likeness (QED) is 0.206. The van der Waals surface area contributed by atoms with Gasteiger partial charge in [0.25, 0.3) is 0 Å². The molecular formula is C40H25N3.